The molecule has 2 rings (SSSR count). The van der Waals surface area contributed by atoms with E-state index in [4.69, 9.17) is 9.84 Å². The Morgan fingerprint density at radius 1 is 1.48 bits per heavy atom. The largest absolute Gasteiger partial charge is 0.629 e. The molecule has 118 valence electrons. The first-order valence-electron chi connectivity index (χ1n) is 7.42. The SMILES string of the molecule is CC(CCO)NCC(O)COc1cccc2c1CC[NH+]2[O-]. The van der Waals surface area contributed by atoms with Gasteiger partial charge in [0, 0.05) is 25.6 Å². The number of aliphatic hydroxyl groups excluding tert-OH is 2. The molecule has 0 aliphatic carbocycles. The second kappa shape index (κ2) is 7.72. The first kappa shape index (κ1) is 16.2. The summed E-state index contributed by atoms with van der Waals surface area (Å²) in [5, 5.41) is 33.7. The van der Waals surface area contributed by atoms with Crippen molar-refractivity contribution in [1.29, 1.82) is 0 Å². The van der Waals surface area contributed by atoms with E-state index in [0.29, 0.717) is 31.7 Å². The van der Waals surface area contributed by atoms with Crippen molar-refractivity contribution in [3.63, 3.8) is 0 Å². The van der Waals surface area contributed by atoms with Gasteiger partial charge in [-0.05, 0) is 25.5 Å². The summed E-state index contributed by atoms with van der Waals surface area (Å²) in [6.45, 7) is 3.22. The molecule has 1 aliphatic heterocycles. The van der Waals surface area contributed by atoms with Gasteiger partial charge in [0.15, 0.2) is 0 Å². The van der Waals surface area contributed by atoms with Gasteiger partial charge >= 0.3 is 0 Å². The number of hydrogen-bond donors (Lipinski definition) is 4. The van der Waals surface area contributed by atoms with Gasteiger partial charge < -0.3 is 30.5 Å². The Morgan fingerprint density at radius 3 is 3.05 bits per heavy atom. The van der Waals surface area contributed by atoms with Crippen molar-refractivity contribution in [1.82, 2.24) is 5.32 Å². The van der Waals surface area contributed by atoms with Crippen LogP contribution in [-0.4, -0.2) is 48.7 Å². The third-order valence-electron chi connectivity index (χ3n) is 3.73. The zero-order valence-electron chi connectivity index (χ0n) is 12.3. The molecule has 3 atom stereocenters. The summed E-state index contributed by atoms with van der Waals surface area (Å²) in [5.41, 5.74) is 1.70. The number of fused-ring (bicyclic) bond motifs is 1. The summed E-state index contributed by atoms with van der Waals surface area (Å²) in [6.07, 6.45) is 0.743. The van der Waals surface area contributed by atoms with Crippen LogP contribution in [0.3, 0.4) is 0 Å². The summed E-state index contributed by atoms with van der Waals surface area (Å²) in [6, 6.07) is 5.63. The molecule has 0 spiro atoms. The first-order chi connectivity index (χ1) is 10.1. The summed E-state index contributed by atoms with van der Waals surface area (Å²) < 4.78 is 5.66. The van der Waals surface area contributed by atoms with Crippen molar-refractivity contribution in [2.45, 2.75) is 31.9 Å². The Morgan fingerprint density at radius 2 is 2.29 bits per heavy atom. The lowest BCUT2D eigenvalue weighted by molar-refractivity contribution is -0.768. The van der Waals surface area contributed by atoms with E-state index >= 15 is 0 Å². The molecule has 0 bridgehead atoms. The highest BCUT2D eigenvalue weighted by molar-refractivity contribution is 5.51. The Labute approximate surface area is 124 Å². The number of rotatable bonds is 8. The van der Waals surface area contributed by atoms with Gasteiger partial charge in [0.2, 0.25) is 0 Å². The van der Waals surface area contributed by atoms with E-state index in [1.807, 2.05) is 25.1 Å². The summed E-state index contributed by atoms with van der Waals surface area (Å²) >= 11 is 0. The lowest BCUT2D eigenvalue weighted by atomic mass is 10.1. The van der Waals surface area contributed by atoms with Crippen molar-refractivity contribution in [3.8, 4) is 5.75 Å². The van der Waals surface area contributed by atoms with Crippen LogP contribution in [0.5, 0.6) is 5.75 Å². The maximum Gasteiger partial charge on any atom is 0.138 e. The summed E-state index contributed by atoms with van der Waals surface area (Å²) in [7, 11) is 0. The molecule has 0 saturated heterocycles. The third-order valence-corrected chi connectivity index (χ3v) is 3.73. The van der Waals surface area contributed by atoms with Gasteiger partial charge in [-0.25, -0.2) is 0 Å². The average Bonchev–Trinajstić information content (AvgIpc) is 2.85. The predicted octanol–water partition coefficient (Wildman–Crippen LogP) is -0.643. The van der Waals surface area contributed by atoms with Crippen LogP contribution in [0.2, 0.25) is 0 Å². The fraction of sp³-hybridized carbons (Fsp3) is 0.600. The second-order valence-corrected chi connectivity index (χ2v) is 5.49. The van der Waals surface area contributed by atoms with E-state index in [2.05, 4.69) is 5.32 Å². The number of nitrogens with one attached hydrogen (secondary N) is 2. The molecule has 1 aromatic carbocycles. The number of quaternary nitrogens is 1. The molecule has 0 radical (unpaired) electrons. The Balaban J connectivity index is 1.81. The van der Waals surface area contributed by atoms with E-state index in [0.717, 1.165) is 11.3 Å². The van der Waals surface area contributed by atoms with Crippen molar-refractivity contribution in [3.05, 3.63) is 29.0 Å². The fourth-order valence-electron chi connectivity index (χ4n) is 2.47. The molecule has 3 unspecified atom stereocenters. The topological polar surface area (TPSA) is 89.2 Å². The molecule has 1 aliphatic rings. The predicted molar refractivity (Wildman–Crippen MR) is 79.7 cm³/mol. The maximum absolute atomic E-state index is 11.7. The molecule has 6 heteroatoms. The Bertz CT molecular complexity index is 455. The van der Waals surface area contributed by atoms with Crippen LogP contribution in [0.25, 0.3) is 0 Å². The molecular weight excluding hydrogens is 272 g/mol. The Hall–Kier alpha value is -1.18. The molecule has 6 nitrogen and oxygen atoms in total. The van der Waals surface area contributed by atoms with E-state index in [-0.39, 0.29) is 24.3 Å². The van der Waals surface area contributed by atoms with Gasteiger partial charge in [-0.2, -0.15) is 0 Å². The second-order valence-electron chi connectivity index (χ2n) is 5.49. The highest BCUT2D eigenvalue weighted by Gasteiger charge is 2.22. The molecule has 0 fully saturated rings. The molecular formula is C15H24N2O4. The molecule has 0 aromatic heterocycles. The highest BCUT2D eigenvalue weighted by atomic mass is 16.5. The molecule has 21 heavy (non-hydrogen) atoms. The fourth-order valence-corrected chi connectivity index (χ4v) is 2.47. The van der Waals surface area contributed by atoms with Crippen LogP contribution in [0.15, 0.2) is 18.2 Å². The molecule has 1 heterocycles. The van der Waals surface area contributed by atoms with Crippen molar-refractivity contribution >= 4 is 5.69 Å². The monoisotopic (exact) mass is 296 g/mol. The summed E-state index contributed by atoms with van der Waals surface area (Å²) in [4.78, 5) is 0. The minimum absolute atomic E-state index is 0.130. The van der Waals surface area contributed by atoms with Crippen molar-refractivity contribution < 1.29 is 20.0 Å². The number of ether oxygens (including phenoxy) is 1. The van der Waals surface area contributed by atoms with E-state index < -0.39 is 6.10 Å². The maximum atomic E-state index is 11.7. The van der Waals surface area contributed by atoms with Gasteiger partial charge in [-0.1, -0.05) is 6.07 Å². The van der Waals surface area contributed by atoms with Crippen LogP contribution < -0.4 is 15.1 Å². The van der Waals surface area contributed by atoms with Crippen LogP contribution in [0.1, 0.15) is 18.9 Å². The van der Waals surface area contributed by atoms with Gasteiger partial charge in [-0.3, -0.25) is 0 Å². The molecule has 4 N–H and O–H groups in total. The minimum atomic E-state index is -0.626. The van der Waals surface area contributed by atoms with Gasteiger partial charge in [0.1, 0.15) is 24.1 Å². The summed E-state index contributed by atoms with van der Waals surface area (Å²) in [5.74, 6) is 0.695. The third kappa shape index (κ3) is 4.39. The van der Waals surface area contributed by atoms with Crippen LogP contribution >= 0.6 is 0 Å². The quantitative estimate of drug-likeness (QED) is 0.479. The number of hydroxylamine groups is 1. The molecule has 0 amide bonds. The highest BCUT2D eigenvalue weighted by Crippen LogP contribution is 2.27. The zero-order valence-corrected chi connectivity index (χ0v) is 12.3. The molecule has 1 aromatic rings. The van der Waals surface area contributed by atoms with Crippen molar-refractivity contribution in [2.75, 3.05) is 26.3 Å². The Kier molecular flexibility index (Phi) is 5.96. The normalized spacial score (nSPS) is 20.1. The number of aliphatic hydroxyl groups is 2. The van der Waals surface area contributed by atoms with Crippen LogP contribution in [-0.2, 0) is 6.42 Å². The smallest absolute Gasteiger partial charge is 0.138 e. The zero-order chi connectivity index (χ0) is 15.2. The van der Waals surface area contributed by atoms with Gasteiger partial charge in [0.25, 0.3) is 0 Å². The lowest BCUT2D eigenvalue weighted by Gasteiger charge is -2.18. The lowest BCUT2D eigenvalue weighted by Crippen LogP contribution is -3.00. The number of benzene rings is 1. The molecule has 0 saturated carbocycles. The first-order valence-corrected chi connectivity index (χ1v) is 7.42. The van der Waals surface area contributed by atoms with Gasteiger partial charge in [0.05, 0.1) is 12.1 Å². The number of hydrogen-bond acceptors (Lipinski definition) is 5. The van der Waals surface area contributed by atoms with Crippen LogP contribution in [0.4, 0.5) is 5.69 Å². The minimum Gasteiger partial charge on any atom is -0.629 e. The standard InChI is InChI=1S/C15H24N2O4/c1-11(6-8-18)16-9-12(19)10-21-15-4-2-3-14-13(15)5-7-17(14)20/h2-4,11-12,16-19H,5-10H2,1H3. The van der Waals surface area contributed by atoms with E-state index in [1.165, 1.54) is 0 Å². The average molecular weight is 296 g/mol. The van der Waals surface area contributed by atoms with Crippen LogP contribution in [0, 0.1) is 5.21 Å². The van der Waals surface area contributed by atoms with E-state index in [9.17, 15) is 10.3 Å². The van der Waals surface area contributed by atoms with Crippen molar-refractivity contribution in [2.24, 2.45) is 0 Å². The van der Waals surface area contributed by atoms with E-state index in [1.54, 1.807) is 0 Å². The van der Waals surface area contributed by atoms with Gasteiger partial charge in [-0.15, -0.1) is 0 Å².